The van der Waals surface area contributed by atoms with Crippen LogP contribution in [-0.2, 0) is 6.54 Å². The van der Waals surface area contributed by atoms with Crippen molar-refractivity contribution >= 4 is 38.7 Å². The molecule has 0 aliphatic carbocycles. The Bertz CT molecular complexity index is 630. The summed E-state index contributed by atoms with van der Waals surface area (Å²) in [6, 6.07) is 4.15. The highest BCUT2D eigenvalue weighted by Crippen LogP contribution is 2.28. The largest absolute Gasteiger partial charge is 0.362 e. The first-order valence-electron chi connectivity index (χ1n) is 5.18. The molecule has 0 amide bonds. The third-order valence-electron chi connectivity index (χ3n) is 2.46. The van der Waals surface area contributed by atoms with E-state index in [4.69, 9.17) is 0 Å². The lowest BCUT2D eigenvalue weighted by Gasteiger charge is -2.03. The average molecular weight is 262 g/mol. The lowest BCUT2D eigenvalue weighted by molar-refractivity contribution is 0.892. The van der Waals surface area contributed by atoms with Crippen molar-refractivity contribution in [2.75, 3.05) is 5.32 Å². The van der Waals surface area contributed by atoms with Gasteiger partial charge in [0.05, 0.1) is 11.2 Å². The minimum atomic E-state index is 0.780. The molecule has 0 bridgehead atoms. The molecular weight excluding hydrogens is 252 g/mol. The Kier molecular flexibility index (Phi) is 2.74. The molecule has 0 saturated carbocycles. The summed E-state index contributed by atoms with van der Waals surface area (Å²) < 4.78 is 1.08. The van der Waals surface area contributed by atoms with E-state index in [0.29, 0.717) is 0 Å². The van der Waals surface area contributed by atoms with E-state index < -0.39 is 0 Å². The number of fused-ring (bicyclic) bond motifs is 1. The molecule has 6 heteroatoms. The summed E-state index contributed by atoms with van der Waals surface area (Å²) in [5.74, 6) is 0.821. The Morgan fingerprint density at radius 3 is 3.06 bits per heavy atom. The number of aromatic nitrogens is 3. The Morgan fingerprint density at radius 2 is 2.24 bits per heavy atom. The van der Waals surface area contributed by atoms with Gasteiger partial charge in [-0.25, -0.2) is 0 Å². The lowest BCUT2D eigenvalue weighted by atomic mass is 10.3. The third-order valence-corrected chi connectivity index (χ3v) is 4.43. The van der Waals surface area contributed by atoms with Crippen molar-refractivity contribution in [1.29, 1.82) is 0 Å². The SMILES string of the molecule is Cc1csc2c(NCc3cccs3)nnnc12. The second-order valence-electron chi connectivity index (χ2n) is 3.67. The molecule has 4 nitrogen and oxygen atoms in total. The van der Waals surface area contributed by atoms with Crippen molar-refractivity contribution in [2.24, 2.45) is 0 Å². The van der Waals surface area contributed by atoms with Gasteiger partial charge in [0, 0.05) is 4.88 Å². The minimum absolute atomic E-state index is 0.780. The molecule has 0 aliphatic rings. The van der Waals surface area contributed by atoms with Crippen LogP contribution in [0.2, 0.25) is 0 Å². The number of hydrogen-bond acceptors (Lipinski definition) is 6. The molecule has 3 heterocycles. The van der Waals surface area contributed by atoms with Crippen LogP contribution in [-0.4, -0.2) is 15.4 Å². The minimum Gasteiger partial charge on any atom is -0.362 e. The van der Waals surface area contributed by atoms with Crippen LogP contribution < -0.4 is 5.32 Å². The van der Waals surface area contributed by atoms with E-state index in [1.807, 2.05) is 13.0 Å². The summed E-state index contributed by atoms with van der Waals surface area (Å²) in [6.07, 6.45) is 0. The van der Waals surface area contributed by atoms with Gasteiger partial charge in [0.2, 0.25) is 0 Å². The molecule has 3 rings (SSSR count). The van der Waals surface area contributed by atoms with Gasteiger partial charge in [0.25, 0.3) is 0 Å². The summed E-state index contributed by atoms with van der Waals surface area (Å²) in [4.78, 5) is 1.28. The zero-order valence-corrected chi connectivity index (χ0v) is 10.8. The number of rotatable bonds is 3. The molecule has 0 atom stereocenters. The first-order chi connectivity index (χ1) is 8.34. The monoisotopic (exact) mass is 262 g/mol. The van der Waals surface area contributed by atoms with E-state index in [0.717, 1.165) is 28.1 Å². The standard InChI is InChI=1S/C11H10N4S2/c1-7-6-17-10-9(7)13-15-14-11(10)12-5-8-3-2-4-16-8/h2-4,6H,5H2,1H3,(H,12,13,14). The van der Waals surface area contributed by atoms with Crippen LogP contribution in [0.3, 0.4) is 0 Å². The average Bonchev–Trinajstić information content (AvgIpc) is 2.97. The Hall–Kier alpha value is -1.53. The molecule has 17 heavy (non-hydrogen) atoms. The topological polar surface area (TPSA) is 50.7 Å². The molecule has 1 N–H and O–H groups in total. The molecule has 0 radical (unpaired) electrons. The molecule has 0 spiro atoms. The van der Waals surface area contributed by atoms with Crippen LogP contribution in [0.5, 0.6) is 0 Å². The maximum atomic E-state index is 4.06. The van der Waals surface area contributed by atoms with E-state index in [-0.39, 0.29) is 0 Å². The van der Waals surface area contributed by atoms with Crippen molar-refractivity contribution in [2.45, 2.75) is 13.5 Å². The second-order valence-corrected chi connectivity index (χ2v) is 5.58. The van der Waals surface area contributed by atoms with Crippen LogP contribution in [0.25, 0.3) is 10.2 Å². The summed E-state index contributed by atoms with van der Waals surface area (Å²) in [5, 5.41) is 19.4. The van der Waals surface area contributed by atoms with Crippen molar-refractivity contribution < 1.29 is 0 Å². The van der Waals surface area contributed by atoms with Crippen LogP contribution in [0.4, 0.5) is 5.82 Å². The van der Waals surface area contributed by atoms with Crippen molar-refractivity contribution in [3.05, 3.63) is 33.3 Å². The summed E-state index contributed by atoms with van der Waals surface area (Å²) in [7, 11) is 0. The van der Waals surface area contributed by atoms with Crippen LogP contribution in [0.15, 0.2) is 22.9 Å². The Balaban J connectivity index is 1.90. The van der Waals surface area contributed by atoms with E-state index >= 15 is 0 Å². The highest BCUT2D eigenvalue weighted by atomic mass is 32.1. The predicted molar refractivity (Wildman–Crippen MR) is 71.6 cm³/mol. The van der Waals surface area contributed by atoms with Gasteiger partial charge in [0.15, 0.2) is 5.82 Å². The number of hydrogen-bond donors (Lipinski definition) is 1. The Labute approximate surface area is 106 Å². The number of nitrogens with zero attached hydrogens (tertiary/aromatic N) is 3. The molecule has 0 aliphatic heterocycles. The zero-order chi connectivity index (χ0) is 11.7. The molecule has 3 aromatic rings. The van der Waals surface area contributed by atoms with E-state index in [2.05, 4.69) is 37.6 Å². The number of thiophene rings is 2. The van der Waals surface area contributed by atoms with Crippen molar-refractivity contribution in [1.82, 2.24) is 15.4 Å². The fraction of sp³-hybridized carbons (Fsp3) is 0.182. The molecule has 86 valence electrons. The fourth-order valence-corrected chi connectivity index (χ4v) is 3.18. The lowest BCUT2D eigenvalue weighted by Crippen LogP contribution is -2.02. The summed E-state index contributed by atoms with van der Waals surface area (Å²) >= 11 is 3.38. The van der Waals surface area contributed by atoms with Crippen LogP contribution in [0.1, 0.15) is 10.4 Å². The van der Waals surface area contributed by atoms with Gasteiger partial charge >= 0.3 is 0 Å². The maximum absolute atomic E-state index is 4.06. The quantitative estimate of drug-likeness (QED) is 0.788. The van der Waals surface area contributed by atoms with Gasteiger partial charge < -0.3 is 5.32 Å². The number of nitrogens with one attached hydrogen (secondary N) is 1. The third kappa shape index (κ3) is 2.01. The molecule has 0 unspecified atom stereocenters. The molecule has 0 aromatic carbocycles. The van der Waals surface area contributed by atoms with E-state index in [9.17, 15) is 0 Å². The molecule has 3 aromatic heterocycles. The van der Waals surface area contributed by atoms with Gasteiger partial charge in [-0.3, -0.25) is 0 Å². The Morgan fingerprint density at radius 1 is 1.29 bits per heavy atom. The second kappa shape index (κ2) is 4.38. The molecular formula is C11H10N4S2. The van der Waals surface area contributed by atoms with Gasteiger partial charge in [0.1, 0.15) is 5.52 Å². The maximum Gasteiger partial charge on any atom is 0.170 e. The normalized spacial score (nSPS) is 10.9. The zero-order valence-electron chi connectivity index (χ0n) is 9.17. The first-order valence-corrected chi connectivity index (χ1v) is 6.94. The van der Waals surface area contributed by atoms with Crippen molar-refractivity contribution in [3.8, 4) is 0 Å². The van der Waals surface area contributed by atoms with Gasteiger partial charge in [-0.05, 0) is 34.5 Å². The van der Waals surface area contributed by atoms with Crippen LogP contribution >= 0.6 is 22.7 Å². The van der Waals surface area contributed by atoms with Gasteiger partial charge in [-0.2, -0.15) is 0 Å². The predicted octanol–water partition coefficient (Wildman–Crippen LogP) is 3.07. The summed E-state index contributed by atoms with van der Waals surface area (Å²) in [6.45, 7) is 2.82. The van der Waals surface area contributed by atoms with Gasteiger partial charge in [-0.1, -0.05) is 6.07 Å². The van der Waals surface area contributed by atoms with Crippen molar-refractivity contribution in [3.63, 3.8) is 0 Å². The number of anilines is 1. The highest BCUT2D eigenvalue weighted by molar-refractivity contribution is 7.18. The van der Waals surface area contributed by atoms with E-state index in [1.165, 1.54) is 4.88 Å². The molecule has 0 fully saturated rings. The smallest absolute Gasteiger partial charge is 0.170 e. The number of aryl methyl sites for hydroxylation is 1. The summed E-state index contributed by atoms with van der Waals surface area (Å²) in [5.41, 5.74) is 2.10. The first kappa shape index (κ1) is 10.6. The molecule has 0 saturated heterocycles. The van der Waals surface area contributed by atoms with Crippen LogP contribution in [0, 0.1) is 6.92 Å². The van der Waals surface area contributed by atoms with E-state index in [1.54, 1.807) is 22.7 Å². The van der Waals surface area contributed by atoms with Gasteiger partial charge in [-0.15, -0.1) is 32.9 Å². The highest BCUT2D eigenvalue weighted by Gasteiger charge is 2.08. The fourth-order valence-electron chi connectivity index (χ4n) is 1.59.